The van der Waals surface area contributed by atoms with Gasteiger partial charge >= 0.3 is 0 Å². The molecular formula is C29H32F2N6O3. The maximum absolute atomic E-state index is 15.3. The highest BCUT2D eigenvalue weighted by Crippen LogP contribution is 2.39. The number of aliphatic hydroxyl groups excluding tert-OH is 1. The molecule has 2 fully saturated rings. The summed E-state index contributed by atoms with van der Waals surface area (Å²) in [5, 5.41) is 29.0. The van der Waals surface area contributed by atoms with Crippen molar-refractivity contribution in [2.75, 3.05) is 18.5 Å². The van der Waals surface area contributed by atoms with E-state index in [2.05, 4.69) is 20.4 Å². The van der Waals surface area contributed by atoms with E-state index < -0.39 is 23.3 Å². The molecule has 40 heavy (non-hydrogen) atoms. The van der Waals surface area contributed by atoms with Gasteiger partial charge in [-0.1, -0.05) is 6.92 Å². The van der Waals surface area contributed by atoms with Crippen molar-refractivity contribution in [3.8, 4) is 11.3 Å². The lowest BCUT2D eigenvalue weighted by Crippen LogP contribution is -2.44. The van der Waals surface area contributed by atoms with E-state index >= 15 is 8.78 Å². The van der Waals surface area contributed by atoms with E-state index in [1.807, 2.05) is 13.0 Å². The zero-order chi connectivity index (χ0) is 28.0. The van der Waals surface area contributed by atoms with Crippen molar-refractivity contribution in [1.82, 2.24) is 19.6 Å². The Morgan fingerprint density at radius 3 is 2.58 bits per heavy atom. The number of benzene rings is 1. The van der Waals surface area contributed by atoms with E-state index in [-0.39, 0.29) is 47.5 Å². The summed E-state index contributed by atoms with van der Waals surface area (Å²) in [7, 11) is 0. The average molecular weight is 551 g/mol. The minimum Gasteiger partial charge on any atom is -0.391 e. The number of aliphatic hydroxyl groups is 2. The molecule has 0 spiro atoms. The monoisotopic (exact) mass is 550 g/mol. The van der Waals surface area contributed by atoms with Gasteiger partial charge in [-0.05, 0) is 66.1 Å². The van der Waals surface area contributed by atoms with Gasteiger partial charge in [0.2, 0.25) is 5.95 Å². The molecule has 9 nitrogen and oxygen atoms in total. The van der Waals surface area contributed by atoms with E-state index in [1.54, 1.807) is 24.7 Å². The van der Waals surface area contributed by atoms with Crippen LogP contribution in [-0.2, 0) is 10.3 Å². The van der Waals surface area contributed by atoms with E-state index in [0.717, 1.165) is 17.7 Å². The standard InChI is InChI=1S/C29H32F2N6O3/c1-16-10-17(11-23(32)27(16)38)20-4-7-33-15-25(20)35-28-34-14-19-2-3-24(36-37(19)28)26-21(30)12-18(13-22(26)31)29(39)5-8-40-9-6-29/h2-4,7,12-17,23,27,38-39H,5-6,8-11,32H2,1H3,(H,34,35)/t16-,17+,23+,27-/m0/s1. The average Bonchev–Trinajstić information content (AvgIpc) is 3.33. The highest BCUT2D eigenvalue weighted by atomic mass is 19.1. The molecule has 1 aromatic carbocycles. The van der Waals surface area contributed by atoms with Gasteiger partial charge in [0, 0.05) is 38.3 Å². The Bertz CT molecular complexity index is 1500. The highest BCUT2D eigenvalue weighted by molar-refractivity contribution is 5.66. The largest absolute Gasteiger partial charge is 0.391 e. The molecule has 4 atom stereocenters. The number of rotatable bonds is 5. The molecule has 0 radical (unpaired) electrons. The minimum absolute atomic E-state index is 0.0505. The van der Waals surface area contributed by atoms with Crippen LogP contribution in [0.15, 0.2) is 48.9 Å². The maximum atomic E-state index is 15.3. The fraction of sp³-hybridized carbons (Fsp3) is 0.414. The maximum Gasteiger partial charge on any atom is 0.229 e. The number of nitrogens with one attached hydrogen (secondary N) is 1. The van der Waals surface area contributed by atoms with Crippen LogP contribution in [0.3, 0.4) is 0 Å². The Morgan fingerprint density at radius 2 is 1.85 bits per heavy atom. The van der Waals surface area contributed by atoms with Crippen LogP contribution >= 0.6 is 0 Å². The molecule has 4 aromatic rings. The molecule has 0 amide bonds. The number of nitrogens with two attached hydrogens (primary N) is 1. The molecule has 11 heteroatoms. The van der Waals surface area contributed by atoms with E-state index in [9.17, 15) is 10.2 Å². The quantitative estimate of drug-likeness (QED) is 0.293. The number of halogens is 2. The molecule has 0 bridgehead atoms. The summed E-state index contributed by atoms with van der Waals surface area (Å²) in [6, 6.07) is 7.19. The minimum atomic E-state index is -1.34. The number of hydrogen-bond acceptors (Lipinski definition) is 8. The smallest absolute Gasteiger partial charge is 0.229 e. The van der Waals surface area contributed by atoms with Gasteiger partial charge < -0.3 is 26.0 Å². The van der Waals surface area contributed by atoms with Crippen molar-refractivity contribution < 1.29 is 23.7 Å². The van der Waals surface area contributed by atoms with E-state index in [0.29, 0.717) is 31.1 Å². The SMILES string of the molecule is C[C@H]1C[C@@H](c2ccncc2Nc2ncc3ccc(-c4c(F)cc(C5(O)CCOCC5)cc4F)nn23)C[C@@H](N)[C@H]1O. The summed E-state index contributed by atoms with van der Waals surface area (Å²) in [6.07, 6.45) is 6.42. The Labute approximate surface area is 230 Å². The summed E-state index contributed by atoms with van der Waals surface area (Å²) in [6.45, 7) is 2.64. The van der Waals surface area contributed by atoms with Crippen molar-refractivity contribution in [3.63, 3.8) is 0 Å². The molecule has 1 aliphatic carbocycles. The third-order valence-corrected chi connectivity index (χ3v) is 8.32. The lowest BCUT2D eigenvalue weighted by atomic mass is 9.74. The molecule has 0 unspecified atom stereocenters. The molecule has 4 heterocycles. The van der Waals surface area contributed by atoms with Crippen LogP contribution in [-0.4, -0.2) is 55.2 Å². The predicted octanol–water partition coefficient (Wildman–Crippen LogP) is 4.01. The summed E-state index contributed by atoms with van der Waals surface area (Å²) in [5.74, 6) is -1.10. The molecule has 1 saturated heterocycles. The van der Waals surface area contributed by atoms with Crippen molar-refractivity contribution in [2.24, 2.45) is 11.7 Å². The van der Waals surface area contributed by atoms with E-state index in [1.165, 1.54) is 22.7 Å². The first-order valence-electron chi connectivity index (χ1n) is 13.5. The lowest BCUT2D eigenvalue weighted by molar-refractivity contribution is -0.0682. The Balaban J connectivity index is 1.33. The molecular weight excluding hydrogens is 518 g/mol. The number of anilines is 2. The fourth-order valence-electron chi connectivity index (χ4n) is 6.00. The Kier molecular flexibility index (Phi) is 6.99. The predicted molar refractivity (Wildman–Crippen MR) is 145 cm³/mol. The molecule has 1 saturated carbocycles. The molecule has 5 N–H and O–H groups in total. The van der Waals surface area contributed by atoms with Crippen LogP contribution in [0, 0.1) is 17.6 Å². The number of nitrogens with zero attached hydrogens (tertiary/aromatic N) is 4. The Morgan fingerprint density at radius 1 is 1.10 bits per heavy atom. The van der Waals surface area contributed by atoms with Crippen molar-refractivity contribution >= 4 is 17.2 Å². The lowest BCUT2D eigenvalue weighted by Gasteiger charge is -2.36. The van der Waals surface area contributed by atoms with Gasteiger partial charge in [0.15, 0.2) is 0 Å². The van der Waals surface area contributed by atoms with E-state index in [4.69, 9.17) is 10.5 Å². The molecule has 2 aliphatic rings. The van der Waals surface area contributed by atoms with Gasteiger partial charge in [-0.3, -0.25) is 4.98 Å². The first kappa shape index (κ1) is 26.7. The van der Waals surface area contributed by atoms with Gasteiger partial charge in [-0.2, -0.15) is 9.61 Å². The highest BCUT2D eigenvalue weighted by Gasteiger charge is 2.35. The first-order valence-corrected chi connectivity index (χ1v) is 13.5. The summed E-state index contributed by atoms with van der Waals surface area (Å²) in [4.78, 5) is 8.71. The third-order valence-electron chi connectivity index (χ3n) is 8.32. The topological polar surface area (TPSA) is 131 Å². The second-order valence-corrected chi connectivity index (χ2v) is 11.0. The van der Waals surface area contributed by atoms with Crippen molar-refractivity contribution in [1.29, 1.82) is 0 Å². The van der Waals surface area contributed by atoms with Crippen molar-refractivity contribution in [3.05, 3.63) is 71.7 Å². The van der Waals surface area contributed by atoms with Crippen LogP contribution in [0.5, 0.6) is 0 Å². The summed E-state index contributed by atoms with van der Waals surface area (Å²) < 4.78 is 37.5. The van der Waals surface area contributed by atoms with Gasteiger partial charge in [-0.15, -0.1) is 0 Å². The normalized spacial score (nSPS) is 24.8. The van der Waals surface area contributed by atoms with Gasteiger partial charge in [-0.25, -0.2) is 13.8 Å². The number of aromatic nitrogens is 4. The van der Waals surface area contributed by atoms with Gasteiger partial charge in [0.25, 0.3) is 0 Å². The number of fused-ring (bicyclic) bond motifs is 1. The Hall–Kier alpha value is -3.51. The van der Waals surface area contributed by atoms with Crippen LogP contribution in [0.4, 0.5) is 20.4 Å². The van der Waals surface area contributed by atoms with Crippen molar-refractivity contribution in [2.45, 2.75) is 56.3 Å². The summed E-state index contributed by atoms with van der Waals surface area (Å²) >= 11 is 0. The number of imidazole rings is 1. The van der Waals surface area contributed by atoms with Crippen LogP contribution in [0.25, 0.3) is 16.8 Å². The molecule has 1 aliphatic heterocycles. The number of pyridine rings is 1. The van der Waals surface area contributed by atoms with Crippen LogP contribution < -0.4 is 11.1 Å². The second kappa shape index (κ2) is 10.5. The number of ether oxygens (including phenoxy) is 1. The molecule has 210 valence electrons. The molecule has 3 aromatic heterocycles. The van der Waals surface area contributed by atoms with Crippen LogP contribution in [0.1, 0.15) is 49.7 Å². The van der Waals surface area contributed by atoms with Gasteiger partial charge in [0.1, 0.15) is 11.6 Å². The molecule has 6 rings (SSSR count). The first-order chi connectivity index (χ1) is 19.2. The third kappa shape index (κ3) is 4.83. The summed E-state index contributed by atoms with van der Waals surface area (Å²) in [5.41, 5.74) is 7.21. The second-order valence-electron chi connectivity index (χ2n) is 11.0. The fourth-order valence-corrected chi connectivity index (χ4v) is 6.00. The zero-order valence-electron chi connectivity index (χ0n) is 22.1. The zero-order valence-corrected chi connectivity index (χ0v) is 22.1. The van der Waals surface area contributed by atoms with Gasteiger partial charge in [0.05, 0.1) is 46.6 Å². The number of hydrogen-bond donors (Lipinski definition) is 4. The van der Waals surface area contributed by atoms with Crippen LogP contribution in [0.2, 0.25) is 0 Å².